The van der Waals surface area contributed by atoms with Crippen molar-refractivity contribution in [1.82, 2.24) is 15.3 Å². The van der Waals surface area contributed by atoms with Crippen LogP contribution in [-0.2, 0) is 22.5 Å². The quantitative estimate of drug-likeness (QED) is 0.560. The molecule has 0 atom stereocenters. The molecule has 6 nitrogen and oxygen atoms in total. The first-order valence-corrected chi connectivity index (χ1v) is 6.81. The first-order valence-electron chi connectivity index (χ1n) is 6.43. The first kappa shape index (κ1) is 15.9. The number of hydrogen-bond acceptors (Lipinski definition) is 4. The number of primary amides is 1. The molecule has 1 heterocycles. The Bertz CT molecular complexity index is 395. The maximum Gasteiger partial charge on any atom is 0.243 e. The van der Waals surface area contributed by atoms with E-state index in [0.29, 0.717) is 24.8 Å². The number of unbranched alkanes of at least 4 members (excludes halogenated alkanes) is 1. The molecule has 0 aliphatic rings. The normalized spacial score (nSPS) is 10.8. The second-order valence-corrected chi connectivity index (χ2v) is 4.61. The highest BCUT2D eigenvalue weighted by Gasteiger charge is 2.07. The molecule has 1 amide bonds. The number of nitrogens with two attached hydrogens (primary N) is 1. The maximum atomic E-state index is 10.4. The Morgan fingerprint density at radius 1 is 1.58 bits per heavy atom. The van der Waals surface area contributed by atoms with E-state index in [2.05, 4.69) is 22.2 Å². The van der Waals surface area contributed by atoms with Crippen LogP contribution in [0.4, 0.5) is 0 Å². The number of carbonyl (C=O) groups is 1. The fraction of sp³-hybridized carbons (Fsp3) is 0.667. The highest BCUT2D eigenvalue weighted by atomic mass is 35.5. The van der Waals surface area contributed by atoms with Crippen LogP contribution >= 0.6 is 11.6 Å². The topological polar surface area (TPSA) is 93.0 Å². The van der Waals surface area contributed by atoms with E-state index in [9.17, 15) is 4.79 Å². The highest BCUT2D eigenvalue weighted by molar-refractivity contribution is 6.30. The van der Waals surface area contributed by atoms with Crippen molar-refractivity contribution in [3.8, 4) is 0 Å². The molecule has 0 saturated carbocycles. The van der Waals surface area contributed by atoms with E-state index in [1.165, 1.54) is 0 Å². The average molecular weight is 289 g/mol. The summed E-state index contributed by atoms with van der Waals surface area (Å²) in [6.07, 6.45) is 3.14. The molecule has 4 N–H and O–H groups in total. The minimum atomic E-state index is -0.461. The standard InChI is InChI=1S/C12H21ClN4O2/c1-2-3-4-11-16-9(12(13)17-11)7-15-5-6-19-8-10(14)18/h15H,2-8H2,1H3,(H2,14,18)(H,16,17). The smallest absolute Gasteiger partial charge is 0.243 e. The number of hydrogen-bond donors (Lipinski definition) is 3. The van der Waals surface area contributed by atoms with Gasteiger partial charge in [0.25, 0.3) is 0 Å². The number of nitrogens with one attached hydrogen (secondary N) is 2. The summed E-state index contributed by atoms with van der Waals surface area (Å²) >= 11 is 6.03. The molecule has 1 rings (SSSR count). The van der Waals surface area contributed by atoms with Gasteiger partial charge in [-0.25, -0.2) is 4.98 Å². The summed E-state index contributed by atoms with van der Waals surface area (Å²) in [7, 11) is 0. The third kappa shape index (κ3) is 6.56. The number of nitrogens with zero attached hydrogens (tertiary/aromatic N) is 1. The summed E-state index contributed by atoms with van der Waals surface area (Å²) in [6, 6.07) is 0. The first-order chi connectivity index (χ1) is 9.13. The molecule has 0 aromatic carbocycles. The molecule has 1 aromatic rings. The molecule has 0 fully saturated rings. The van der Waals surface area contributed by atoms with Crippen molar-refractivity contribution in [3.05, 3.63) is 16.7 Å². The molecule has 0 bridgehead atoms. The lowest BCUT2D eigenvalue weighted by Gasteiger charge is -2.03. The van der Waals surface area contributed by atoms with Gasteiger partial charge in [0.2, 0.25) is 5.91 Å². The molecule has 0 aliphatic heterocycles. The summed E-state index contributed by atoms with van der Waals surface area (Å²) in [6.45, 7) is 3.73. The van der Waals surface area contributed by atoms with E-state index < -0.39 is 5.91 Å². The molecule has 19 heavy (non-hydrogen) atoms. The van der Waals surface area contributed by atoms with Gasteiger partial charge in [-0.15, -0.1) is 0 Å². The molecule has 0 aliphatic carbocycles. The summed E-state index contributed by atoms with van der Waals surface area (Å²) in [4.78, 5) is 17.9. The van der Waals surface area contributed by atoms with Crippen LogP contribution < -0.4 is 11.1 Å². The molecule has 7 heteroatoms. The number of rotatable bonds is 10. The van der Waals surface area contributed by atoms with Crippen molar-refractivity contribution >= 4 is 17.5 Å². The van der Waals surface area contributed by atoms with E-state index >= 15 is 0 Å². The van der Waals surface area contributed by atoms with E-state index in [-0.39, 0.29) is 6.61 Å². The van der Waals surface area contributed by atoms with Gasteiger partial charge in [-0.1, -0.05) is 24.9 Å². The number of aryl methyl sites for hydroxylation is 1. The number of aromatic nitrogens is 2. The zero-order valence-electron chi connectivity index (χ0n) is 11.2. The van der Waals surface area contributed by atoms with Gasteiger partial charge in [-0.3, -0.25) is 4.79 Å². The van der Waals surface area contributed by atoms with E-state index in [0.717, 1.165) is 30.8 Å². The minimum Gasteiger partial charge on any atom is -0.370 e. The van der Waals surface area contributed by atoms with Crippen molar-refractivity contribution < 1.29 is 9.53 Å². The van der Waals surface area contributed by atoms with Gasteiger partial charge in [-0.05, 0) is 6.42 Å². The number of halogens is 1. The van der Waals surface area contributed by atoms with E-state index in [1.807, 2.05) is 0 Å². The predicted molar refractivity (Wildman–Crippen MR) is 73.9 cm³/mol. The maximum absolute atomic E-state index is 10.4. The number of H-pyrrole nitrogens is 1. The molecular formula is C12H21ClN4O2. The zero-order chi connectivity index (χ0) is 14.1. The molecule has 0 radical (unpaired) electrons. The van der Waals surface area contributed by atoms with E-state index in [1.54, 1.807) is 0 Å². The molecule has 0 spiro atoms. The second-order valence-electron chi connectivity index (χ2n) is 4.25. The minimum absolute atomic E-state index is 0.0480. The van der Waals surface area contributed by atoms with Crippen LogP contribution in [0.1, 0.15) is 31.3 Å². The van der Waals surface area contributed by atoms with Crippen molar-refractivity contribution in [2.24, 2.45) is 5.73 Å². The number of ether oxygens (including phenoxy) is 1. The Labute approximate surface area is 118 Å². The lowest BCUT2D eigenvalue weighted by Crippen LogP contribution is -2.24. The number of aromatic amines is 1. The zero-order valence-corrected chi connectivity index (χ0v) is 11.9. The second kappa shape index (κ2) is 8.90. The highest BCUT2D eigenvalue weighted by Crippen LogP contribution is 2.13. The Morgan fingerprint density at radius 3 is 3.05 bits per heavy atom. The Balaban J connectivity index is 2.21. The molecule has 1 aromatic heterocycles. The van der Waals surface area contributed by atoms with Crippen molar-refractivity contribution in [3.63, 3.8) is 0 Å². The lowest BCUT2D eigenvalue weighted by atomic mass is 10.2. The fourth-order valence-corrected chi connectivity index (χ4v) is 1.77. The van der Waals surface area contributed by atoms with Gasteiger partial charge in [-0.2, -0.15) is 0 Å². The van der Waals surface area contributed by atoms with Gasteiger partial charge in [0.1, 0.15) is 12.4 Å². The van der Waals surface area contributed by atoms with Crippen molar-refractivity contribution in [2.75, 3.05) is 19.8 Å². The van der Waals surface area contributed by atoms with Crippen molar-refractivity contribution in [2.45, 2.75) is 32.7 Å². The van der Waals surface area contributed by atoms with Crippen LogP contribution in [0.3, 0.4) is 0 Å². The Morgan fingerprint density at radius 2 is 2.37 bits per heavy atom. The Hall–Kier alpha value is -1.11. The molecule has 108 valence electrons. The van der Waals surface area contributed by atoms with Crippen molar-refractivity contribution in [1.29, 1.82) is 0 Å². The van der Waals surface area contributed by atoms with Crippen LogP contribution in [0.5, 0.6) is 0 Å². The lowest BCUT2D eigenvalue weighted by molar-refractivity contribution is -0.122. The SMILES string of the molecule is CCCCc1nc(Cl)c(CNCCOCC(N)=O)[nH]1. The third-order valence-corrected chi connectivity index (χ3v) is 2.83. The predicted octanol–water partition coefficient (Wildman–Crippen LogP) is 0.997. The third-order valence-electron chi connectivity index (χ3n) is 2.51. The number of amides is 1. The van der Waals surface area contributed by atoms with Crippen LogP contribution in [0.2, 0.25) is 5.15 Å². The van der Waals surface area contributed by atoms with Gasteiger partial charge in [0.15, 0.2) is 5.15 Å². The van der Waals surface area contributed by atoms with Gasteiger partial charge in [0.05, 0.1) is 12.3 Å². The van der Waals surface area contributed by atoms with Crippen LogP contribution in [0, 0.1) is 0 Å². The molecular weight excluding hydrogens is 268 g/mol. The summed E-state index contributed by atoms with van der Waals surface area (Å²) in [5.41, 5.74) is 5.82. The largest absolute Gasteiger partial charge is 0.370 e. The Kier molecular flexibility index (Phi) is 7.47. The van der Waals surface area contributed by atoms with Crippen LogP contribution in [0.15, 0.2) is 0 Å². The number of imidazole rings is 1. The van der Waals surface area contributed by atoms with Crippen LogP contribution in [0.25, 0.3) is 0 Å². The monoisotopic (exact) mass is 288 g/mol. The number of carbonyl (C=O) groups excluding carboxylic acids is 1. The fourth-order valence-electron chi connectivity index (χ4n) is 1.55. The van der Waals surface area contributed by atoms with Gasteiger partial charge in [0, 0.05) is 19.5 Å². The summed E-state index contributed by atoms with van der Waals surface area (Å²) in [5.74, 6) is 0.464. The van der Waals surface area contributed by atoms with E-state index in [4.69, 9.17) is 22.1 Å². The molecule has 0 unspecified atom stereocenters. The van der Waals surface area contributed by atoms with Gasteiger partial charge >= 0.3 is 0 Å². The molecule has 0 saturated heterocycles. The summed E-state index contributed by atoms with van der Waals surface area (Å²) in [5, 5.41) is 3.66. The van der Waals surface area contributed by atoms with Crippen LogP contribution in [-0.4, -0.2) is 35.6 Å². The average Bonchev–Trinajstić information content (AvgIpc) is 2.71. The summed E-state index contributed by atoms with van der Waals surface area (Å²) < 4.78 is 5.03. The van der Waals surface area contributed by atoms with Gasteiger partial charge < -0.3 is 20.8 Å².